The van der Waals surface area contributed by atoms with Gasteiger partial charge in [-0.3, -0.25) is 0 Å². The zero-order valence-corrected chi connectivity index (χ0v) is 8.25. The number of hydrogen-bond donors (Lipinski definition) is 2. The second-order valence-corrected chi connectivity index (χ2v) is 3.24. The van der Waals surface area contributed by atoms with E-state index in [0.29, 0.717) is 0 Å². The number of unbranched alkanes of at least 4 members (excludes halogenated alkanes) is 1. The normalized spacial score (nSPS) is 10.6. The maximum absolute atomic E-state index is 4.31. The molecule has 0 saturated heterocycles. The number of anilines is 1. The molecule has 0 aliphatic rings. The van der Waals surface area contributed by atoms with Crippen LogP contribution in [0.1, 0.15) is 19.8 Å². The lowest BCUT2D eigenvalue weighted by molar-refractivity contribution is 0.829. The van der Waals surface area contributed by atoms with Gasteiger partial charge in [0.2, 0.25) is 5.95 Å². The maximum atomic E-state index is 4.31. The third kappa shape index (κ3) is 1.84. The highest BCUT2D eigenvalue weighted by Gasteiger charge is 2.00. The van der Waals surface area contributed by atoms with E-state index in [1.54, 1.807) is 6.20 Å². The van der Waals surface area contributed by atoms with Gasteiger partial charge in [0.05, 0.1) is 5.52 Å². The Morgan fingerprint density at radius 1 is 1.50 bits per heavy atom. The zero-order valence-electron chi connectivity index (χ0n) is 8.25. The Kier molecular flexibility index (Phi) is 2.62. The van der Waals surface area contributed by atoms with Gasteiger partial charge in [-0.15, -0.1) is 0 Å². The van der Waals surface area contributed by atoms with Crippen molar-refractivity contribution in [1.29, 1.82) is 0 Å². The molecule has 0 aliphatic heterocycles. The Labute approximate surface area is 82.8 Å². The van der Waals surface area contributed by atoms with Crippen LogP contribution in [0.5, 0.6) is 0 Å². The molecule has 2 rings (SSSR count). The van der Waals surface area contributed by atoms with Crippen LogP contribution in [0, 0.1) is 0 Å². The molecule has 74 valence electrons. The molecule has 0 aliphatic carbocycles. The summed E-state index contributed by atoms with van der Waals surface area (Å²) in [6, 6.07) is 3.87. The first-order valence-corrected chi connectivity index (χ1v) is 4.95. The van der Waals surface area contributed by atoms with Gasteiger partial charge in [-0.25, -0.2) is 4.98 Å². The number of aromatic amines is 1. The Morgan fingerprint density at radius 3 is 3.21 bits per heavy atom. The van der Waals surface area contributed by atoms with Crippen molar-refractivity contribution < 1.29 is 0 Å². The molecule has 2 N–H and O–H groups in total. The van der Waals surface area contributed by atoms with Crippen molar-refractivity contribution in [1.82, 2.24) is 15.0 Å². The maximum Gasteiger partial charge on any atom is 0.202 e. The van der Waals surface area contributed by atoms with Crippen molar-refractivity contribution in [2.45, 2.75) is 19.8 Å². The number of hydrogen-bond acceptors (Lipinski definition) is 3. The van der Waals surface area contributed by atoms with E-state index in [1.807, 2.05) is 12.1 Å². The molecule has 0 spiro atoms. The topological polar surface area (TPSA) is 53.6 Å². The van der Waals surface area contributed by atoms with E-state index in [4.69, 9.17) is 0 Å². The minimum Gasteiger partial charge on any atom is -0.356 e. The summed E-state index contributed by atoms with van der Waals surface area (Å²) in [4.78, 5) is 11.6. The molecular formula is C10H14N4. The molecule has 4 nitrogen and oxygen atoms in total. The van der Waals surface area contributed by atoms with Crippen molar-refractivity contribution in [3.05, 3.63) is 18.3 Å². The Balaban J connectivity index is 2.11. The van der Waals surface area contributed by atoms with E-state index >= 15 is 0 Å². The van der Waals surface area contributed by atoms with Gasteiger partial charge in [-0.2, -0.15) is 4.98 Å². The summed E-state index contributed by atoms with van der Waals surface area (Å²) in [6.45, 7) is 3.12. The van der Waals surface area contributed by atoms with Gasteiger partial charge >= 0.3 is 0 Å². The van der Waals surface area contributed by atoms with Gasteiger partial charge in [0.15, 0.2) is 5.65 Å². The lowest BCUT2D eigenvalue weighted by atomic mass is 10.3. The summed E-state index contributed by atoms with van der Waals surface area (Å²) in [5.41, 5.74) is 1.75. The summed E-state index contributed by atoms with van der Waals surface area (Å²) in [5.74, 6) is 0.812. The first-order valence-electron chi connectivity index (χ1n) is 4.95. The number of imidazole rings is 1. The molecule has 4 heteroatoms. The van der Waals surface area contributed by atoms with Crippen molar-refractivity contribution >= 4 is 17.1 Å². The van der Waals surface area contributed by atoms with Crippen LogP contribution in [0.3, 0.4) is 0 Å². The fourth-order valence-corrected chi connectivity index (χ4v) is 1.31. The minimum absolute atomic E-state index is 0.770. The average molecular weight is 190 g/mol. The van der Waals surface area contributed by atoms with Crippen LogP contribution >= 0.6 is 0 Å². The van der Waals surface area contributed by atoms with E-state index in [-0.39, 0.29) is 0 Å². The molecule has 14 heavy (non-hydrogen) atoms. The summed E-state index contributed by atoms with van der Waals surface area (Å²) in [5, 5.41) is 3.23. The smallest absolute Gasteiger partial charge is 0.202 e. The zero-order chi connectivity index (χ0) is 9.80. The van der Waals surface area contributed by atoms with Crippen LogP contribution in [0.15, 0.2) is 18.3 Å². The predicted molar refractivity (Wildman–Crippen MR) is 57.3 cm³/mol. The fraction of sp³-hybridized carbons (Fsp3) is 0.400. The van der Waals surface area contributed by atoms with Crippen molar-refractivity contribution in [3.63, 3.8) is 0 Å². The van der Waals surface area contributed by atoms with Gasteiger partial charge in [-0.05, 0) is 18.6 Å². The molecule has 2 aromatic heterocycles. The number of pyridine rings is 1. The Morgan fingerprint density at radius 2 is 2.43 bits per heavy atom. The van der Waals surface area contributed by atoms with Gasteiger partial charge < -0.3 is 10.3 Å². The Hall–Kier alpha value is -1.58. The number of rotatable bonds is 4. The van der Waals surface area contributed by atoms with Crippen LogP contribution in [-0.4, -0.2) is 21.5 Å². The number of nitrogens with one attached hydrogen (secondary N) is 2. The molecule has 0 atom stereocenters. The van der Waals surface area contributed by atoms with Gasteiger partial charge in [0.25, 0.3) is 0 Å². The van der Waals surface area contributed by atoms with Crippen LogP contribution in [0.4, 0.5) is 5.95 Å². The summed E-state index contributed by atoms with van der Waals surface area (Å²) < 4.78 is 0. The second-order valence-electron chi connectivity index (χ2n) is 3.24. The van der Waals surface area contributed by atoms with Gasteiger partial charge in [0, 0.05) is 12.7 Å². The monoisotopic (exact) mass is 190 g/mol. The molecule has 0 unspecified atom stereocenters. The predicted octanol–water partition coefficient (Wildman–Crippen LogP) is 2.17. The highest BCUT2D eigenvalue weighted by Crippen LogP contribution is 2.10. The average Bonchev–Trinajstić information content (AvgIpc) is 2.60. The lowest BCUT2D eigenvalue weighted by Gasteiger charge is -1.98. The highest BCUT2D eigenvalue weighted by molar-refractivity contribution is 5.72. The summed E-state index contributed by atoms with van der Waals surface area (Å²) in [7, 11) is 0. The number of nitrogens with zero attached hydrogens (tertiary/aromatic N) is 2. The van der Waals surface area contributed by atoms with Gasteiger partial charge in [0.1, 0.15) is 0 Å². The largest absolute Gasteiger partial charge is 0.356 e. The van der Waals surface area contributed by atoms with Crippen molar-refractivity contribution in [2.24, 2.45) is 0 Å². The molecule has 2 heterocycles. The first-order chi connectivity index (χ1) is 6.90. The second kappa shape index (κ2) is 4.09. The summed E-state index contributed by atoms with van der Waals surface area (Å²) >= 11 is 0. The van der Waals surface area contributed by atoms with Crippen LogP contribution in [0.2, 0.25) is 0 Å². The van der Waals surface area contributed by atoms with E-state index in [9.17, 15) is 0 Å². The molecule has 0 fully saturated rings. The van der Waals surface area contributed by atoms with Crippen LogP contribution < -0.4 is 5.32 Å². The Bertz CT molecular complexity index is 374. The van der Waals surface area contributed by atoms with Gasteiger partial charge in [-0.1, -0.05) is 13.3 Å². The third-order valence-corrected chi connectivity index (χ3v) is 2.08. The number of H-pyrrole nitrogens is 1. The standard InChI is InChI=1S/C10H14N4/c1-2-3-6-12-10-13-8-5-4-7-11-9(8)14-10/h4-5,7H,2-3,6H2,1H3,(H2,11,12,13,14). The van der Waals surface area contributed by atoms with Crippen molar-refractivity contribution in [3.8, 4) is 0 Å². The molecule has 0 aromatic carbocycles. The molecule has 0 bridgehead atoms. The third-order valence-electron chi connectivity index (χ3n) is 2.08. The molecular weight excluding hydrogens is 176 g/mol. The summed E-state index contributed by atoms with van der Waals surface area (Å²) in [6.07, 6.45) is 4.09. The van der Waals surface area contributed by atoms with E-state index in [0.717, 1.165) is 30.1 Å². The minimum atomic E-state index is 0.770. The lowest BCUT2D eigenvalue weighted by Crippen LogP contribution is -2.01. The molecule has 0 radical (unpaired) electrons. The first kappa shape index (κ1) is 8.99. The van der Waals surface area contributed by atoms with Crippen LogP contribution in [-0.2, 0) is 0 Å². The number of aromatic nitrogens is 3. The van der Waals surface area contributed by atoms with E-state index in [2.05, 4.69) is 27.2 Å². The molecule has 2 aromatic rings. The quantitative estimate of drug-likeness (QED) is 0.726. The van der Waals surface area contributed by atoms with Crippen LogP contribution in [0.25, 0.3) is 11.2 Å². The number of fused-ring (bicyclic) bond motifs is 1. The fourth-order valence-electron chi connectivity index (χ4n) is 1.31. The highest BCUT2D eigenvalue weighted by atomic mass is 15.1. The van der Waals surface area contributed by atoms with E-state index < -0.39 is 0 Å². The molecule has 0 saturated carbocycles. The van der Waals surface area contributed by atoms with E-state index in [1.165, 1.54) is 6.42 Å². The SMILES string of the molecule is CCCCNc1nc2ncccc2[nH]1. The molecule has 0 amide bonds. The van der Waals surface area contributed by atoms with Crippen molar-refractivity contribution in [2.75, 3.05) is 11.9 Å².